The molecule has 156 valence electrons. The van der Waals surface area contributed by atoms with E-state index in [2.05, 4.69) is 29.7 Å². The summed E-state index contributed by atoms with van der Waals surface area (Å²) in [6.45, 7) is 9.23. The van der Waals surface area contributed by atoms with E-state index < -0.39 is 5.41 Å². The Hall–Kier alpha value is -1.59. The summed E-state index contributed by atoms with van der Waals surface area (Å²) >= 11 is 0. The number of likely N-dealkylation sites (tertiary alicyclic amines) is 1. The van der Waals surface area contributed by atoms with Crippen molar-refractivity contribution in [2.24, 2.45) is 5.92 Å². The Kier molecular flexibility index (Phi) is 7.90. The predicted octanol–water partition coefficient (Wildman–Crippen LogP) is 2.80. The third-order valence-electron chi connectivity index (χ3n) is 6.10. The lowest BCUT2D eigenvalue weighted by molar-refractivity contribution is -0.138. The SMILES string of the molecule is Cc1ccccc1C(C)(C)C(=O)N1CCCC(CNC(=O)C2CCCN2)C1.Cl. The molecule has 2 saturated heterocycles. The second kappa shape index (κ2) is 9.75. The van der Waals surface area contributed by atoms with E-state index in [1.54, 1.807) is 0 Å². The molecule has 0 aromatic heterocycles. The molecule has 0 spiro atoms. The maximum absolute atomic E-state index is 13.3. The molecule has 2 atom stereocenters. The fourth-order valence-electron chi connectivity index (χ4n) is 4.48. The van der Waals surface area contributed by atoms with E-state index in [0.29, 0.717) is 12.5 Å². The van der Waals surface area contributed by atoms with Gasteiger partial charge < -0.3 is 15.5 Å². The molecule has 2 heterocycles. The number of amides is 2. The maximum atomic E-state index is 13.3. The number of carbonyl (C=O) groups is 2. The summed E-state index contributed by atoms with van der Waals surface area (Å²) in [5.41, 5.74) is 1.71. The topological polar surface area (TPSA) is 61.4 Å². The molecule has 2 amide bonds. The van der Waals surface area contributed by atoms with Gasteiger partial charge in [-0.1, -0.05) is 24.3 Å². The van der Waals surface area contributed by atoms with Crippen molar-refractivity contribution in [3.05, 3.63) is 35.4 Å². The summed E-state index contributed by atoms with van der Waals surface area (Å²) in [6, 6.07) is 8.10. The van der Waals surface area contributed by atoms with Crippen molar-refractivity contribution in [3.8, 4) is 0 Å². The Morgan fingerprint density at radius 1 is 1.21 bits per heavy atom. The lowest BCUT2D eigenvalue weighted by Crippen LogP contribution is -2.50. The number of hydrogen-bond acceptors (Lipinski definition) is 3. The average Bonchev–Trinajstić information content (AvgIpc) is 3.21. The van der Waals surface area contributed by atoms with Crippen LogP contribution in [0.15, 0.2) is 24.3 Å². The minimum atomic E-state index is -0.537. The van der Waals surface area contributed by atoms with Gasteiger partial charge in [-0.2, -0.15) is 0 Å². The van der Waals surface area contributed by atoms with Crippen molar-refractivity contribution in [2.75, 3.05) is 26.2 Å². The second-order valence-corrected chi connectivity index (χ2v) is 8.59. The summed E-state index contributed by atoms with van der Waals surface area (Å²) in [7, 11) is 0. The number of rotatable bonds is 5. The smallest absolute Gasteiger partial charge is 0.237 e. The van der Waals surface area contributed by atoms with Crippen molar-refractivity contribution >= 4 is 24.2 Å². The van der Waals surface area contributed by atoms with Crippen molar-refractivity contribution in [3.63, 3.8) is 0 Å². The molecule has 3 rings (SSSR count). The fraction of sp³-hybridized carbons (Fsp3) is 0.636. The van der Waals surface area contributed by atoms with Crippen LogP contribution >= 0.6 is 12.4 Å². The number of nitrogens with one attached hydrogen (secondary N) is 2. The van der Waals surface area contributed by atoms with E-state index in [4.69, 9.17) is 0 Å². The van der Waals surface area contributed by atoms with E-state index in [0.717, 1.165) is 56.4 Å². The molecule has 2 unspecified atom stereocenters. The Balaban J connectivity index is 0.00000280. The van der Waals surface area contributed by atoms with Gasteiger partial charge in [-0.3, -0.25) is 9.59 Å². The molecular formula is C22H34ClN3O2. The Labute approximate surface area is 175 Å². The summed E-state index contributed by atoms with van der Waals surface area (Å²) in [5.74, 6) is 0.627. The van der Waals surface area contributed by atoms with Gasteiger partial charge in [0.25, 0.3) is 0 Å². The highest BCUT2D eigenvalue weighted by Crippen LogP contribution is 2.30. The first kappa shape index (κ1) is 22.7. The molecule has 0 aliphatic carbocycles. The van der Waals surface area contributed by atoms with Crippen LogP contribution in [0, 0.1) is 12.8 Å². The van der Waals surface area contributed by atoms with Crippen LogP contribution in [0.5, 0.6) is 0 Å². The van der Waals surface area contributed by atoms with Crippen molar-refractivity contribution in [2.45, 2.75) is 57.9 Å². The zero-order valence-corrected chi connectivity index (χ0v) is 18.1. The number of benzene rings is 1. The molecule has 2 fully saturated rings. The number of nitrogens with zero attached hydrogens (tertiary/aromatic N) is 1. The van der Waals surface area contributed by atoms with E-state index in [1.165, 1.54) is 0 Å². The minimum absolute atomic E-state index is 0. The molecule has 2 aliphatic rings. The summed E-state index contributed by atoms with van der Waals surface area (Å²) in [5, 5.41) is 6.33. The van der Waals surface area contributed by atoms with E-state index in [1.807, 2.05) is 30.9 Å². The highest BCUT2D eigenvalue weighted by atomic mass is 35.5. The van der Waals surface area contributed by atoms with Crippen LogP contribution in [0.1, 0.15) is 50.7 Å². The van der Waals surface area contributed by atoms with Crippen LogP contribution in [0.2, 0.25) is 0 Å². The highest BCUT2D eigenvalue weighted by molar-refractivity contribution is 5.88. The number of hydrogen-bond donors (Lipinski definition) is 2. The average molecular weight is 408 g/mol. The van der Waals surface area contributed by atoms with Crippen molar-refractivity contribution in [1.82, 2.24) is 15.5 Å². The number of carbonyl (C=O) groups excluding carboxylic acids is 2. The van der Waals surface area contributed by atoms with Crippen LogP contribution < -0.4 is 10.6 Å². The van der Waals surface area contributed by atoms with Crippen LogP contribution in [0.25, 0.3) is 0 Å². The third-order valence-corrected chi connectivity index (χ3v) is 6.10. The number of halogens is 1. The van der Waals surface area contributed by atoms with Crippen LogP contribution in [-0.2, 0) is 15.0 Å². The standard InChI is InChI=1S/C22H33N3O2.ClH/c1-16-8-4-5-10-18(16)22(2,3)21(27)25-13-7-9-17(15-25)14-24-20(26)19-11-6-12-23-19;/h4-5,8,10,17,19,23H,6-7,9,11-15H2,1-3H3,(H,24,26);1H. The normalized spacial score (nSPS) is 22.5. The Morgan fingerprint density at radius 3 is 2.64 bits per heavy atom. The number of aryl methyl sites for hydroxylation is 1. The number of piperidine rings is 1. The predicted molar refractivity (Wildman–Crippen MR) is 115 cm³/mol. The van der Waals surface area contributed by atoms with Gasteiger partial charge in [-0.25, -0.2) is 0 Å². The Morgan fingerprint density at radius 2 is 1.96 bits per heavy atom. The zero-order chi connectivity index (χ0) is 19.4. The van der Waals surface area contributed by atoms with Gasteiger partial charge in [0, 0.05) is 19.6 Å². The zero-order valence-electron chi connectivity index (χ0n) is 17.3. The van der Waals surface area contributed by atoms with Gasteiger partial charge in [-0.15, -0.1) is 12.4 Å². The molecule has 1 aromatic rings. The largest absolute Gasteiger partial charge is 0.354 e. The lowest BCUT2D eigenvalue weighted by Gasteiger charge is -2.38. The highest BCUT2D eigenvalue weighted by Gasteiger charge is 2.36. The summed E-state index contributed by atoms with van der Waals surface area (Å²) in [6.07, 6.45) is 4.05. The molecule has 5 nitrogen and oxygen atoms in total. The molecular weight excluding hydrogens is 374 g/mol. The monoisotopic (exact) mass is 407 g/mol. The fourth-order valence-corrected chi connectivity index (χ4v) is 4.48. The van der Waals surface area contributed by atoms with Gasteiger partial charge in [0.2, 0.25) is 11.8 Å². The van der Waals surface area contributed by atoms with Crippen molar-refractivity contribution in [1.29, 1.82) is 0 Å². The molecule has 28 heavy (non-hydrogen) atoms. The van der Waals surface area contributed by atoms with E-state index in [9.17, 15) is 9.59 Å². The van der Waals surface area contributed by atoms with E-state index >= 15 is 0 Å². The molecule has 2 N–H and O–H groups in total. The Bertz CT molecular complexity index is 686. The quantitative estimate of drug-likeness (QED) is 0.788. The van der Waals surface area contributed by atoms with Crippen LogP contribution in [0.4, 0.5) is 0 Å². The molecule has 0 saturated carbocycles. The van der Waals surface area contributed by atoms with Crippen LogP contribution in [-0.4, -0.2) is 48.9 Å². The van der Waals surface area contributed by atoms with E-state index in [-0.39, 0.29) is 30.3 Å². The first-order valence-electron chi connectivity index (χ1n) is 10.3. The molecule has 2 aliphatic heterocycles. The molecule has 1 aromatic carbocycles. The van der Waals surface area contributed by atoms with Crippen molar-refractivity contribution < 1.29 is 9.59 Å². The van der Waals surface area contributed by atoms with Gasteiger partial charge in [0.1, 0.15) is 0 Å². The third kappa shape index (κ3) is 5.06. The summed E-state index contributed by atoms with van der Waals surface area (Å²) < 4.78 is 0. The van der Waals surface area contributed by atoms with Gasteiger partial charge >= 0.3 is 0 Å². The molecule has 6 heteroatoms. The van der Waals surface area contributed by atoms with Gasteiger partial charge in [0.15, 0.2) is 0 Å². The van der Waals surface area contributed by atoms with Gasteiger partial charge in [0.05, 0.1) is 11.5 Å². The molecule has 0 radical (unpaired) electrons. The minimum Gasteiger partial charge on any atom is -0.354 e. The van der Waals surface area contributed by atoms with Crippen LogP contribution in [0.3, 0.4) is 0 Å². The summed E-state index contributed by atoms with van der Waals surface area (Å²) in [4.78, 5) is 27.5. The van der Waals surface area contributed by atoms with Gasteiger partial charge in [-0.05, 0) is 70.0 Å². The maximum Gasteiger partial charge on any atom is 0.237 e. The molecule has 0 bridgehead atoms. The first-order chi connectivity index (χ1) is 12.9. The second-order valence-electron chi connectivity index (χ2n) is 8.59. The lowest BCUT2D eigenvalue weighted by atomic mass is 9.80. The first-order valence-corrected chi connectivity index (χ1v) is 10.3.